The smallest absolute Gasteiger partial charge is 0.264 e. The van der Waals surface area contributed by atoms with Crippen LogP contribution in [0.15, 0.2) is 65.6 Å². The Labute approximate surface area is 221 Å². The van der Waals surface area contributed by atoms with Crippen LogP contribution in [0.2, 0.25) is 0 Å². The minimum Gasteiger partial charge on any atom is -0.496 e. The van der Waals surface area contributed by atoms with Gasteiger partial charge in [0.15, 0.2) is 0 Å². The second-order valence-corrected chi connectivity index (χ2v) is 11.6. The fourth-order valence-corrected chi connectivity index (χ4v) is 5.95. The third-order valence-corrected chi connectivity index (χ3v) is 8.40. The largest absolute Gasteiger partial charge is 0.496 e. The summed E-state index contributed by atoms with van der Waals surface area (Å²) in [7, 11) is -2.32. The molecule has 0 fully saturated rings. The minimum absolute atomic E-state index is 0.150. The van der Waals surface area contributed by atoms with Crippen molar-refractivity contribution >= 4 is 21.6 Å². The van der Waals surface area contributed by atoms with Crippen molar-refractivity contribution in [1.82, 2.24) is 5.32 Å². The van der Waals surface area contributed by atoms with Crippen LogP contribution in [0.5, 0.6) is 5.75 Å². The Balaban J connectivity index is 1.95. The van der Waals surface area contributed by atoms with E-state index in [4.69, 9.17) is 4.74 Å². The monoisotopic (exact) mass is 522 g/mol. The Bertz CT molecular complexity index is 1350. The Kier molecular flexibility index (Phi) is 9.02. The number of aryl methyl sites for hydroxylation is 3. The van der Waals surface area contributed by atoms with Crippen molar-refractivity contribution in [3.8, 4) is 5.75 Å². The van der Waals surface area contributed by atoms with Gasteiger partial charge in [-0.25, -0.2) is 8.42 Å². The van der Waals surface area contributed by atoms with Gasteiger partial charge < -0.3 is 10.1 Å². The number of para-hydroxylation sites is 1. The molecule has 0 radical (unpaired) electrons. The predicted octanol–water partition coefficient (Wildman–Crippen LogP) is 6.07. The summed E-state index contributed by atoms with van der Waals surface area (Å²) >= 11 is 0. The summed E-state index contributed by atoms with van der Waals surface area (Å²) in [5.41, 5.74) is 5.35. The number of carbonyl (C=O) groups excluding carboxylic acids is 1. The molecule has 0 aliphatic rings. The van der Waals surface area contributed by atoms with Crippen LogP contribution < -0.4 is 14.4 Å². The third-order valence-electron chi connectivity index (χ3n) is 6.62. The lowest BCUT2D eigenvalue weighted by molar-refractivity contribution is -0.120. The molecule has 0 spiro atoms. The first kappa shape index (κ1) is 28.3. The predicted molar refractivity (Wildman–Crippen MR) is 150 cm³/mol. The highest BCUT2D eigenvalue weighted by molar-refractivity contribution is 7.92. The van der Waals surface area contributed by atoms with E-state index in [0.29, 0.717) is 12.1 Å². The summed E-state index contributed by atoms with van der Waals surface area (Å²) in [5, 5.41) is 3.03. The normalized spacial score (nSPS) is 12.3. The Morgan fingerprint density at radius 1 is 0.973 bits per heavy atom. The van der Waals surface area contributed by atoms with Crippen LogP contribution in [0.4, 0.5) is 5.69 Å². The summed E-state index contributed by atoms with van der Waals surface area (Å²) in [6, 6.07) is 17.7. The van der Waals surface area contributed by atoms with Gasteiger partial charge in [0.05, 0.1) is 23.7 Å². The zero-order valence-electron chi connectivity index (χ0n) is 22.8. The van der Waals surface area contributed by atoms with Crippen LogP contribution in [0.3, 0.4) is 0 Å². The molecule has 0 aliphatic heterocycles. The van der Waals surface area contributed by atoms with Crippen LogP contribution in [0, 0.1) is 13.8 Å². The second-order valence-electron chi connectivity index (χ2n) is 9.70. The SMILES string of the molecule is CCc1ccccc1N(CC(=O)N[C@H](C)c1cc(C(C)C)c(OC)cc1C)S(=O)(=O)c1ccc(C)cc1. The molecule has 198 valence electrons. The molecule has 1 amide bonds. The van der Waals surface area contributed by atoms with Gasteiger partial charge in [-0.05, 0) is 85.7 Å². The highest BCUT2D eigenvalue weighted by Gasteiger charge is 2.29. The van der Waals surface area contributed by atoms with Crippen molar-refractivity contribution in [2.24, 2.45) is 0 Å². The summed E-state index contributed by atoms with van der Waals surface area (Å²) in [5.74, 6) is 0.689. The number of methoxy groups -OCH3 is 1. The average molecular weight is 523 g/mol. The van der Waals surface area contributed by atoms with Crippen molar-refractivity contribution in [2.75, 3.05) is 18.0 Å². The van der Waals surface area contributed by atoms with E-state index in [1.54, 1.807) is 43.5 Å². The molecule has 0 unspecified atom stereocenters. The Morgan fingerprint density at radius 3 is 2.22 bits per heavy atom. The molecule has 0 saturated heterocycles. The zero-order valence-corrected chi connectivity index (χ0v) is 23.6. The van der Waals surface area contributed by atoms with E-state index in [2.05, 4.69) is 25.2 Å². The molecule has 37 heavy (non-hydrogen) atoms. The molecule has 3 aromatic rings. The van der Waals surface area contributed by atoms with Crippen molar-refractivity contribution in [1.29, 1.82) is 0 Å². The second kappa shape index (κ2) is 11.8. The third kappa shape index (κ3) is 6.34. The molecule has 0 bridgehead atoms. The van der Waals surface area contributed by atoms with Gasteiger partial charge in [0.1, 0.15) is 12.3 Å². The van der Waals surface area contributed by atoms with Gasteiger partial charge in [0.25, 0.3) is 10.0 Å². The van der Waals surface area contributed by atoms with Crippen molar-refractivity contribution in [3.63, 3.8) is 0 Å². The van der Waals surface area contributed by atoms with Crippen LogP contribution in [0.25, 0.3) is 0 Å². The highest BCUT2D eigenvalue weighted by atomic mass is 32.2. The maximum atomic E-state index is 13.8. The summed E-state index contributed by atoms with van der Waals surface area (Å²) in [4.78, 5) is 13.5. The maximum Gasteiger partial charge on any atom is 0.264 e. The molecule has 3 aromatic carbocycles. The zero-order chi connectivity index (χ0) is 27.3. The lowest BCUT2D eigenvalue weighted by Crippen LogP contribution is -2.42. The number of hydrogen-bond acceptors (Lipinski definition) is 4. The number of rotatable bonds is 10. The standard InChI is InChI=1S/C30H38N2O4S/c1-8-24-11-9-10-12-28(24)32(37(34,35)25-15-13-21(4)14-16-25)19-30(33)31-23(6)27-18-26(20(2)3)29(36-7)17-22(27)5/h9-18,20,23H,8,19H2,1-7H3,(H,31,33)/t23-/m1/s1. The summed E-state index contributed by atoms with van der Waals surface area (Å²) in [6.07, 6.45) is 0.636. The van der Waals surface area contributed by atoms with Crippen LogP contribution in [-0.2, 0) is 21.2 Å². The van der Waals surface area contributed by atoms with E-state index < -0.39 is 10.0 Å². The number of sulfonamides is 1. The van der Waals surface area contributed by atoms with E-state index in [1.165, 1.54) is 4.31 Å². The minimum atomic E-state index is -3.98. The molecule has 0 heterocycles. The quantitative estimate of drug-likeness (QED) is 0.351. The van der Waals surface area contributed by atoms with E-state index in [9.17, 15) is 13.2 Å². The van der Waals surface area contributed by atoms with Gasteiger partial charge in [-0.15, -0.1) is 0 Å². The number of amides is 1. The van der Waals surface area contributed by atoms with E-state index in [-0.39, 0.29) is 29.3 Å². The number of ether oxygens (including phenoxy) is 1. The first-order valence-electron chi connectivity index (χ1n) is 12.6. The number of carbonyl (C=O) groups is 1. The molecule has 7 heteroatoms. The number of nitrogens with one attached hydrogen (secondary N) is 1. The van der Waals surface area contributed by atoms with Crippen molar-refractivity contribution < 1.29 is 17.9 Å². The van der Waals surface area contributed by atoms with Gasteiger partial charge in [0, 0.05) is 0 Å². The maximum absolute atomic E-state index is 13.8. The Morgan fingerprint density at radius 2 is 1.62 bits per heavy atom. The summed E-state index contributed by atoms with van der Waals surface area (Å²) in [6.45, 7) is 11.6. The van der Waals surface area contributed by atoms with E-state index in [1.807, 2.05) is 45.9 Å². The fourth-order valence-electron chi connectivity index (χ4n) is 4.50. The lowest BCUT2D eigenvalue weighted by Gasteiger charge is -2.27. The summed E-state index contributed by atoms with van der Waals surface area (Å²) < 4.78 is 34.3. The van der Waals surface area contributed by atoms with E-state index >= 15 is 0 Å². The van der Waals surface area contributed by atoms with Crippen molar-refractivity contribution in [2.45, 2.75) is 64.8 Å². The molecule has 1 N–H and O–H groups in total. The first-order chi connectivity index (χ1) is 17.5. The molecule has 6 nitrogen and oxygen atoms in total. The van der Waals surface area contributed by atoms with E-state index in [0.717, 1.165) is 33.6 Å². The van der Waals surface area contributed by atoms with Gasteiger partial charge in [-0.1, -0.05) is 56.7 Å². The molecular formula is C30H38N2O4S. The number of hydrogen-bond donors (Lipinski definition) is 1. The molecule has 0 aliphatic carbocycles. The van der Waals surface area contributed by atoms with Crippen LogP contribution in [0.1, 0.15) is 67.5 Å². The Hall–Kier alpha value is -3.32. The lowest BCUT2D eigenvalue weighted by atomic mass is 9.93. The highest BCUT2D eigenvalue weighted by Crippen LogP contribution is 2.32. The average Bonchev–Trinajstić information content (AvgIpc) is 2.86. The molecule has 0 saturated carbocycles. The van der Waals surface area contributed by atoms with Gasteiger partial charge in [-0.2, -0.15) is 0 Å². The number of benzene rings is 3. The van der Waals surface area contributed by atoms with Gasteiger partial charge in [0.2, 0.25) is 5.91 Å². The number of nitrogens with zero attached hydrogens (tertiary/aromatic N) is 1. The van der Waals surface area contributed by atoms with Gasteiger partial charge in [-0.3, -0.25) is 9.10 Å². The first-order valence-corrected chi connectivity index (χ1v) is 14.1. The van der Waals surface area contributed by atoms with Crippen molar-refractivity contribution in [3.05, 3.63) is 88.5 Å². The van der Waals surface area contributed by atoms with Crippen LogP contribution >= 0.6 is 0 Å². The molecule has 3 rings (SSSR count). The fraction of sp³-hybridized carbons (Fsp3) is 0.367. The van der Waals surface area contributed by atoms with Gasteiger partial charge >= 0.3 is 0 Å². The topological polar surface area (TPSA) is 75.7 Å². The molecular weight excluding hydrogens is 484 g/mol. The molecule has 1 atom stereocenters. The van der Waals surface area contributed by atoms with Crippen LogP contribution in [-0.4, -0.2) is 28.0 Å². The number of anilines is 1. The molecule has 0 aromatic heterocycles.